The number of rotatable bonds is 2. The van der Waals surface area contributed by atoms with E-state index < -0.39 is 4.92 Å². The Hall–Kier alpha value is -2.10. The lowest BCUT2D eigenvalue weighted by molar-refractivity contribution is -0.384. The van der Waals surface area contributed by atoms with Gasteiger partial charge < -0.3 is 4.42 Å². The van der Waals surface area contributed by atoms with Crippen molar-refractivity contribution in [3.05, 3.63) is 53.0 Å². The number of nitro groups is 1. The van der Waals surface area contributed by atoms with Gasteiger partial charge in [0.2, 0.25) is 0 Å². The van der Waals surface area contributed by atoms with Crippen LogP contribution in [0, 0.1) is 16.4 Å². The summed E-state index contributed by atoms with van der Waals surface area (Å²) in [6, 6.07) is 7.99. The monoisotopic (exact) mass is 188 g/mol. The molecular weight excluding hydrogens is 182 g/mol. The van der Waals surface area contributed by atoms with Crippen molar-refractivity contribution in [1.82, 2.24) is 0 Å². The Morgan fingerprint density at radius 1 is 1.21 bits per heavy atom. The molecule has 2 rings (SSSR count). The van der Waals surface area contributed by atoms with Crippen LogP contribution >= 0.6 is 0 Å². The van der Waals surface area contributed by atoms with E-state index in [1.165, 1.54) is 18.4 Å². The largest absolute Gasteiger partial charge is 0.460 e. The number of furan rings is 1. The molecule has 0 N–H and O–H groups in total. The van der Waals surface area contributed by atoms with Crippen molar-refractivity contribution in [3.8, 4) is 11.1 Å². The molecule has 0 amide bonds. The maximum Gasteiger partial charge on any atom is 0.269 e. The van der Waals surface area contributed by atoms with Crippen LogP contribution in [0.2, 0.25) is 0 Å². The first-order valence-corrected chi connectivity index (χ1v) is 3.97. The second-order valence-electron chi connectivity index (χ2n) is 2.74. The molecule has 69 valence electrons. The minimum absolute atomic E-state index is 0.0808. The van der Waals surface area contributed by atoms with Gasteiger partial charge in [-0.2, -0.15) is 0 Å². The maximum absolute atomic E-state index is 10.4. The zero-order valence-corrected chi connectivity index (χ0v) is 7.14. The predicted octanol–water partition coefficient (Wildman–Crippen LogP) is 2.65. The number of hydrogen-bond donors (Lipinski definition) is 0. The third kappa shape index (κ3) is 1.50. The second kappa shape index (κ2) is 3.33. The Balaban J connectivity index is 2.36. The zero-order chi connectivity index (χ0) is 9.97. The first-order valence-electron chi connectivity index (χ1n) is 3.97. The molecule has 0 aliphatic carbocycles. The van der Waals surface area contributed by atoms with E-state index in [4.69, 9.17) is 4.42 Å². The van der Waals surface area contributed by atoms with E-state index in [9.17, 15) is 10.1 Å². The third-order valence-corrected chi connectivity index (χ3v) is 1.86. The van der Waals surface area contributed by atoms with Crippen molar-refractivity contribution < 1.29 is 9.34 Å². The highest BCUT2D eigenvalue weighted by atomic mass is 16.6. The van der Waals surface area contributed by atoms with Gasteiger partial charge in [-0.25, -0.2) is 0 Å². The van der Waals surface area contributed by atoms with Gasteiger partial charge in [-0.1, -0.05) is 0 Å². The Morgan fingerprint density at radius 3 is 2.43 bits per heavy atom. The van der Waals surface area contributed by atoms with Gasteiger partial charge in [0.05, 0.1) is 11.2 Å². The van der Waals surface area contributed by atoms with Crippen LogP contribution in [0.3, 0.4) is 0 Å². The molecule has 0 atom stereocenters. The molecule has 0 saturated heterocycles. The molecule has 0 aliphatic rings. The van der Waals surface area contributed by atoms with E-state index in [1.54, 1.807) is 18.2 Å². The molecule has 0 aliphatic heterocycles. The van der Waals surface area contributed by atoms with Crippen molar-refractivity contribution in [2.45, 2.75) is 0 Å². The Kier molecular flexibility index (Phi) is 2.02. The van der Waals surface area contributed by atoms with E-state index >= 15 is 0 Å². The maximum atomic E-state index is 10.4. The average Bonchev–Trinajstić information content (AvgIpc) is 2.71. The summed E-state index contributed by atoms with van der Waals surface area (Å²) in [7, 11) is 0. The molecule has 1 aromatic heterocycles. The highest BCUT2D eigenvalue weighted by Crippen LogP contribution is 2.21. The van der Waals surface area contributed by atoms with Crippen LogP contribution in [0.1, 0.15) is 0 Å². The van der Waals surface area contributed by atoms with Gasteiger partial charge >= 0.3 is 0 Å². The fraction of sp³-hybridized carbons (Fsp3) is 0. The number of nitro benzene ring substituents is 1. The lowest BCUT2D eigenvalue weighted by atomic mass is 10.1. The third-order valence-electron chi connectivity index (χ3n) is 1.86. The van der Waals surface area contributed by atoms with Crippen molar-refractivity contribution in [2.75, 3.05) is 0 Å². The van der Waals surface area contributed by atoms with Crippen LogP contribution in [0.4, 0.5) is 5.69 Å². The summed E-state index contributed by atoms with van der Waals surface area (Å²) >= 11 is 0. The summed E-state index contributed by atoms with van der Waals surface area (Å²) in [5.74, 6) is 0. The van der Waals surface area contributed by atoms with Crippen LogP contribution in [0.15, 0.2) is 41.0 Å². The molecule has 0 saturated carbocycles. The van der Waals surface area contributed by atoms with Gasteiger partial charge in [0, 0.05) is 17.7 Å². The molecule has 1 aromatic carbocycles. The molecule has 1 radical (unpaired) electrons. The number of nitrogens with zero attached hydrogens (tertiary/aromatic N) is 1. The number of hydrogen-bond acceptors (Lipinski definition) is 3. The highest BCUT2D eigenvalue weighted by molar-refractivity contribution is 5.62. The molecule has 1 heterocycles. The summed E-state index contributed by atoms with van der Waals surface area (Å²) in [5.41, 5.74) is 1.72. The molecular formula is C10H6NO3. The average molecular weight is 188 g/mol. The normalized spacial score (nSPS) is 10.0. The van der Waals surface area contributed by atoms with Gasteiger partial charge in [0.25, 0.3) is 5.69 Å². The summed E-state index contributed by atoms with van der Waals surface area (Å²) < 4.78 is 4.79. The topological polar surface area (TPSA) is 56.3 Å². The van der Waals surface area contributed by atoms with Crippen LogP contribution in [0.5, 0.6) is 0 Å². The first-order chi connectivity index (χ1) is 6.77. The molecule has 0 spiro atoms. The van der Waals surface area contributed by atoms with Gasteiger partial charge in [0.1, 0.15) is 0 Å². The highest BCUT2D eigenvalue weighted by Gasteiger charge is 2.05. The molecule has 0 fully saturated rings. The molecule has 4 nitrogen and oxygen atoms in total. The quantitative estimate of drug-likeness (QED) is 0.537. The van der Waals surface area contributed by atoms with Crippen LogP contribution in [0.25, 0.3) is 11.1 Å². The zero-order valence-electron chi connectivity index (χ0n) is 7.14. The standard InChI is InChI=1S/C10H6NO3/c12-11(13)10-3-1-8(2-4-10)9-5-6-14-7-9/h1-6H. The number of non-ortho nitro benzene ring substituents is 1. The van der Waals surface area contributed by atoms with E-state index in [0.29, 0.717) is 0 Å². The van der Waals surface area contributed by atoms with Crippen molar-refractivity contribution in [2.24, 2.45) is 0 Å². The van der Waals surface area contributed by atoms with Gasteiger partial charge in [0.15, 0.2) is 6.26 Å². The Morgan fingerprint density at radius 2 is 1.93 bits per heavy atom. The lowest BCUT2D eigenvalue weighted by Crippen LogP contribution is -1.86. The van der Waals surface area contributed by atoms with Crippen molar-refractivity contribution in [3.63, 3.8) is 0 Å². The minimum Gasteiger partial charge on any atom is -0.460 e. The van der Waals surface area contributed by atoms with Gasteiger partial charge in [-0.3, -0.25) is 10.1 Å². The smallest absolute Gasteiger partial charge is 0.269 e. The van der Waals surface area contributed by atoms with Crippen molar-refractivity contribution in [1.29, 1.82) is 0 Å². The summed E-state index contributed by atoms with van der Waals surface area (Å²) in [6.45, 7) is 0. The second-order valence-corrected chi connectivity index (χ2v) is 2.74. The number of benzene rings is 1. The van der Waals surface area contributed by atoms with Crippen LogP contribution < -0.4 is 0 Å². The van der Waals surface area contributed by atoms with Crippen LogP contribution in [-0.4, -0.2) is 4.92 Å². The summed E-state index contributed by atoms with van der Waals surface area (Å²) in [5, 5.41) is 10.4. The fourth-order valence-corrected chi connectivity index (χ4v) is 1.15. The molecule has 14 heavy (non-hydrogen) atoms. The van der Waals surface area contributed by atoms with E-state index in [2.05, 4.69) is 6.26 Å². The lowest BCUT2D eigenvalue weighted by Gasteiger charge is -1.94. The van der Waals surface area contributed by atoms with Crippen LogP contribution in [-0.2, 0) is 0 Å². The van der Waals surface area contributed by atoms with Gasteiger partial charge in [-0.05, 0) is 23.8 Å². The Bertz CT molecular complexity index is 431. The summed E-state index contributed by atoms with van der Waals surface area (Å²) in [4.78, 5) is 9.95. The minimum atomic E-state index is -0.428. The van der Waals surface area contributed by atoms with Gasteiger partial charge in [-0.15, -0.1) is 0 Å². The summed E-state index contributed by atoms with van der Waals surface area (Å²) in [6.07, 6.45) is 4.17. The predicted molar refractivity (Wildman–Crippen MR) is 49.6 cm³/mol. The van der Waals surface area contributed by atoms with E-state index in [-0.39, 0.29) is 5.69 Å². The fourth-order valence-electron chi connectivity index (χ4n) is 1.15. The molecule has 0 bridgehead atoms. The van der Waals surface area contributed by atoms with E-state index in [1.807, 2.05) is 0 Å². The first kappa shape index (κ1) is 8.50. The Labute approximate surface area is 79.9 Å². The van der Waals surface area contributed by atoms with Crippen molar-refractivity contribution >= 4 is 5.69 Å². The molecule has 0 unspecified atom stereocenters. The van der Waals surface area contributed by atoms with E-state index in [0.717, 1.165) is 11.1 Å². The SMILES string of the molecule is O=[N+]([O-])c1ccc(-c2[c]occ2)cc1. The molecule has 4 heteroatoms. The molecule has 2 aromatic rings.